The fourth-order valence-electron chi connectivity index (χ4n) is 3.22. The van der Waals surface area contributed by atoms with Gasteiger partial charge in [0.05, 0.1) is 6.42 Å². The van der Waals surface area contributed by atoms with Gasteiger partial charge in [-0.15, -0.1) is 0 Å². The van der Waals surface area contributed by atoms with Gasteiger partial charge in [-0.05, 0) is 23.2 Å². The van der Waals surface area contributed by atoms with Crippen LogP contribution in [0.4, 0.5) is 0 Å². The molecular weight excluding hydrogens is 190 g/mol. The van der Waals surface area contributed by atoms with E-state index in [1.807, 2.05) is 0 Å². The van der Waals surface area contributed by atoms with Crippen molar-refractivity contribution < 1.29 is 9.90 Å². The van der Waals surface area contributed by atoms with E-state index >= 15 is 0 Å². The van der Waals surface area contributed by atoms with E-state index in [0.717, 1.165) is 6.42 Å². The Balaban J connectivity index is 3.16. The molecule has 3 heteroatoms. The largest absolute Gasteiger partial charge is 0.481 e. The number of rotatable bonds is 2. The van der Waals surface area contributed by atoms with Gasteiger partial charge in [0.2, 0.25) is 0 Å². The molecule has 88 valence electrons. The zero-order valence-corrected chi connectivity index (χ0v) is 10.4. The van der Waals surface area contributed by atoms with E-state index in [1.165, 1.54) is 0 Å². The average molecular weight is 213 g/mol. The minimum Gasteiger partial charge on any atom is -0.481 e. The van der Waals surface area contributed by atoms with E-state index in [4.69, 9.17) is 10.8 Å². The molecule has 0 aliphatic heterocycles. The predicted octanol–water partition coefficient (Wildman–Crippen LogP) is 2.25. The Hall–Kier alpha value is -0.570. The molecule has 0 heterocycles. The summed E-state index contributed by atoms with van der Waals surface area (Å²) < 4.78 is 0. The quantitative estimate of drug-likeness (QED) is 0.739. The zero-order chi connectivity index (χ0) is 12.1. The van der Waals surface area contributed by atoms with Crippen LogP contribution in [0.15, 0.2) is 0 Å². The SMILES string of the molecule is CC1CC(C)(C)C(N)(CC(=O)O)C1(C)C. The third-order valence-corrected chi connectivity index (χ3v) is 4.84. The standard InChI is InChI=1S/C12H23NO2/c1-8-6-10(2,3)12(13,7-9(14)15)11(8,4)5/h8H,6-7,13H2,1-5H3,(H,14,15). The van der Waals surface area contributed by atoms with Crippen molar-refractivity contribution >= 4 is 5.97 Å². The Morgan fingerprint density at radius 1 is 1.40 bits per heavy atom. The molecule has 0 aromatic carbocycles. The normalized spacial score (nSPS) is 37.9. The van der Waals surface area contributed by atoms with Crippen LogP contribution in [0.25, 0.3) is 0 Å². The molecular formula is C12H23NO2. The van der Waals surface area contributed by atoms with Crippen LogP contribution in [-0.2, 0) is 4.79 Å². The van der Waals surface area contributed by atoms with E-state index in [-0.39, 0.29) is 17.3 Å². The van der Waals surface area contributed by atoms with Gasteiger partial charge in [0.25, 0.3) is 0 Å². The van der Waals surface area contributed by atoms with Gasteiger partial charge in [0, 0.05) is 5.54 Å². The minimum absolute atomic E-state index is 0.0529. The van der Waals surface area contributed by atoms with Crippen LogP contribution in [0.2, 0.25) is 0 Å². The van der Waals surface area contributed by atoms with Crippen LogP contribution in [0.1, 0.15) is 47.5 Å². The second-order valence-corrected chi connectivity index (χ2v) is 6.25. The van der Waals surface area contributed by atoms with Crippen molar-refractivity contribution in [3.05, 3.63) is 0 Å². The molecule has 0 saturated heterocycles. The van der Waals surface area contributed by atoms with Gasteiger partial charge in [0.1, 0.15) is 0 Å². The molecule has 0 aromatic heterocycles. The van der Waals surface area contributed by atoms with Crippen LogP contribution in [0, 0.1) is 16.7 Å². The Morgan fingerprint density at radius 2 is 1.87 bits per heavy atom. The number of aliphatic carboxylic acids is 1. The fourth-order valence-corrected chi connectivity index (χ4v) is 3.22. The molecule has 1 aliphatic rings. The maximum absolute atomic E-state index is 11.0. The lowest BCUT2D eigenvalue weighted by molar-refractivity contribution is -0.140. The van der Waals surface area contributed by atoms with Crippen molar-refractivity contribution in [3.8, 4) is 0 Å². The van der Waals surface area contributed by atoms with E-state index in [1.54, 1.807) is 0 Å². The molecule has 0 aromatic rings. The molecule has 3 nitrogen and oxygen atoms in total. The van der Waals surface area contributed by atoms with E-state index < -0.39 is 11.5 Å². The number of carboxylic acid groups (broad SMARTS) is 1. The van der Waals surface area contributed by atoms with Gasteiger partial charge in [-0.2, -0.15) is 0 Å². The van der Waals surface area contributed by atoms with Crippen LogP contribution in [0.5, 0.6) is 0 Å². The maximum Gasteiger partial charge on any atom is 0.305 e. The molecule has 2 unspecified atom stereocenters. The number of hydrogen-bond donors (Lipinski definition) is 2. The summed E-state index contributed by atoms with van der Waals surface area (Å²) in [6.45, 7) is 10.5. The summed E-state index contributed by atoms with van der Waals surface area (Å²) in [5.74, 6) is -0.343. The van der Waals surface area contributed by atoms with Crippen molar-refractivity contribution in [3.63, 3.8) is 0 Å². The summed E-state index contributed by atoms with van der Waals surface area (Å²) in [5.41, 5.74) is 5.56. The highest BCUT2D eigenvalue weighted by Crippen LogP contribution is 2.59. The summed E-state index contributed by atoms with van der Waals surface area (Å²) in [6, 6.07) is 0. The molecule has 2 atom stereocenters. The second kappa shape index (κ2) is 3.21. The monoisotopic (exact) mass is 213 g/mol. The van der Waals surface area contributed by atoms with Gasteiger partial charge in [-0.3, -0.25) is 4.79 Å². The lowest BCUT2D eigenvalue weighted by Crippen LogP contribution is -2.59. The molecule has 0 spiro atoms. The highest BCUT2D eigenvalue weighted by Gasteiger charge is 2.61. The summed E-state index contributed by atoms with van der Waals surface area (Å²) in [5, 5.41) is 9.01. The third-order valence-electron chi connectivity index (χ3n) is 4.84. The third kappa shape index (κ3) is 1.57. The van der Waals surface area contributed by atoms with Gasteiger partial charge in [0.15, 0.2) is 0 Å². The molecule has 15 heavy (non-hydrogen) atoms. The van der Waals surface area contributed by atoms with Crippen molar-refractivity contribution in [2.45, 2.75) is 53.0 Å². The Bertz CT molecular complexity index is 283. The fraction of sp³-hybridized carbons (Fsp3) is 0.917. The first-order valence-corrected chi connectivity index (χ1v) is 5.55. The second-order valence-electron chi connectivity index (χ2n) is 6.25. The Kier molecular flexibility index (Phi) is 2.67. The lowest BCUT2D eigenvalue weighted by Gasteiger charge is -2.46. The first kappa shape index (κ1) is 12.5. The summed E-state index contributed by atoms with van der Waals surface area (Å²) >= 11 is 0. The highest BCUT2D eigenvalue weighted by molar-refractivity contribution is 5.69. The van der Waals surface area contributed by atoms with Gasteiger partial charge < -0.3 is 10.8 Å². The lowest BCUT2D eigenvalue weighted by atomic mass is 9.63. The molecule has 3 N–H and O–H groups in total. The summed E-state index contributed by atoms with van der Waals surface area (Å²) in [4.78, 5) is 11.0. The smallest absolute Gasteiger partial charge is 0.305 e. The van der Waals surface area contributed by atoms with Crippen molar-refractivity contribution in [2.24, 2.45) is 22.5 Å². The van der Waals surface area contributed by atoms with Gasteiger partial charge >= 0.3 is 5.97 Å². The van der Waals surface area contributed by atoms with Crippen molar-refractivity contribution in [1.82, 2.24) is 0 Å². The van der Waals surface area contributed by atoms with Crippen LogP contribution in [-0.4, -0.2) is 16.6 Å². The van der Waals surface area contributed by atoms with Gasteiger partial charge in [-0.25, -0.2) is 0 Å². The summed E-state index contributed by atoms with van der Waals surface area (Å²) in [6.07, 6.45) is 1.04. The van der Waals surface area contributed by atoms with E-state index in [9.17, 15) is 4.79 Å². The van der Waals surface area contributed by atoms with Crippen molar-refractivity contribution in [1.29, 1.82) is 0 Å². The van der Waals surface area contributed by atoms with Crippen LogP contribution >= 0.6 is 0 Å². The first-order valence-electron chi connectivity index (χ1n) is 5.55. The number of hydrogen-bond acceptors (Lipinski definition) is 2. The molecule has 1 fully saturated rings. The summed E-state index contributed by atoms with van der Waals surface area (Å²) in [7, 11) is 0. The van der Waals surface area contributed by atoms with Gasteiger partial charge in [-0.1, -0.05) is 34.6 Å². The van der Waals surface area contributed by atoms with Crippen LogP contribution in [0.3, 0.4) is 0 Å². The number of carboxylic acids is 1. The van der Waals surface area contributed by atoms with E-state index in [2.05, 4.69) is 34.6 Å². The van der Waals surface area contributed by atoms with Crippen molar-refractivity contribution in [2.75, 3.05) is 0 Å². The topological polar surface area (TPSA) is 63.3 Å². The molecule has 0 bridgehead atoms. The molecule has 1 saturated carbocycles. The van der Waals surface area contributed by atoms with Crippen LogP contribution < -0.4 is 5.73 Å². The predicted molar refractivity (Wildman–Crippen MR) is 60.5 cm³/mol. The van der Waals surface area contributed by atoms with E-state index in [0.29, 0.717) is 5.92 Å². The Labute approximate surface area is 92.0 Å². The molecule has 1 aliphatic carbocycles. The molecule has 0 radical (unpaired) electrons. The number of carbonyl (C=O) groups is 1. The first-order chi connectivity index (χ1) is 6.54. The zero-order valence-electron chi connectivity index (χ0n) is 10.4. The number of nitrogens with two attached hydrogens (primary N) is 1. The molecule has 1 rings (SSSR count). The minimum atomic E-state index is -0.798. The Morgan fingerprint density at radius 3 is 2.13 bits per heavy atom. The average Bonchev–Trinajstić information content (AvgIpc) is 2.09. The molecule has 0 amide bonds. The highest BCUT2D eigenvalue weighted by atomic mass is 16.4. The maximum atomic E-state index is 11.0.